The summed E-state index contributed by atoms with van der Waals surface area (Å²) in [5.41, 5.74) is 0.752. The highest BCUT2D eigenvalue weighted by molar-refractivity contribution is 5.44. The summed E-state index contributed by atoms with van der Waals surface area (Å²) in [6.07, 6.45) is 8.81. The van der Waals surface area contributed by atoms with Crippen molar-refractivity contribution in [3.05, 3.63) is 23.6 Å². The van der Waals surface area contributed by atoms with E-state index in [0.29, 0.717) is 24.4 Å². The number of hydrogen-bond acceptors (Lipinski definition) is 3. The highest BCUT2D eigenvalue weighted by Gasteiger charge is 2.26. The zero-order valence-corrected chi connectivity index (χ0v) is 12.2. The van der Waals surface area contributed by atoms with Crippen LogP contribution < -0.4 is 10.2 Å². The molecule has 110 valence electrons. The zero-order chi connectivity index (χ0) is 13.9. The fourth-order valence-corrected chi connectivity index (χ4v) is 3.05. The van der Waals surface area contributed by atoms with Gasteiger partial charge in [0, 0.05) is 36.9 Å². The third-order valence-electron chi connectivity index (χ3n) is 4.48. The lowest BCUT2D eigenvalue weighted by Crippen LogP contribution is -2.40. The number of nitrogens with one attached hydrogen (secondary N) is 1. The third kappa shape index (κ3) is 2.95. The average Bonchev–Trinajstić information content (AvgIpc) is 3.30. The molecule has 1 saturated heterocycles. The number of halogens is 1. The van der Waals surface area contributed by atoms with Crippen molar-refractivity contribution in [1.29, 1.82) is 0 Å². The molecule has 0 amide bonds. The summed E-state index contributed by atoms with van der Waals surface area (Å²) in [4.78, 5) is 6.51. The van der Waals surface area contributed by atoms with Gasteiger partial charge in [0.2, 0.25) is 0 Å². The van der Waals surface area contributed by atoms with Gasteiger partial charge >= 0.3 is 0 Å². The van der Waals surface area contributed by atoms with Crippen LogP contribution in [0.3, 0.4) is 0 Å². The molecule has 0 aromatic carbocycles. The normalized spacial score (nSPS) is 23.1. The van der Waals surface area contributed by atoms with E-state index in [0.717, 1.165) is 31.4 Å². The quantitative estimate of drug-likeness (QED) is 0.895. The molecule has 1 atom stereocenters. The maximum atomic E-state index is 14.7. The van der Waals surface area contributed by atoms with Crippen LogP contribution in [0.2, 0.25) is 0 Å². The lowest BCUT2D eigenvalue weighted by molar-refractivity contribution is 0.437. The van der Waals surface area contributed by atoms with Gasteiger partial charge in [0.1, 0.15) is 0 Å². The number of aromatic nitrogens is 1. The Balaban J connectivity index is 1.78. The highest BCUT2D eigenvalue weighted by Crippen LogP contribution is 2.28. The fourth-order valence-electron chi connectivity index (χ4n) is 3.05. The molecule has 1 N–H and O–H groups in total. The van der Waals surface area contributed by atoms with Gasteiger partial charge in [-0.25, -0.2) is 9.37 Å². The van der Waals surface area contributed by atoms with Gasteiger partial charge in [-0.3, -0.25) is 0 Å². The summed E-state index contributed by atoms with van der Waals surface area (Å²) in [5, 5.41) is 3.38. The van der Waals surface area contributed by atoms with Crippen LogP contribution >= 0.6 is 0 Å². The van der Waals surface area contributed by atoms with Gasteiger partial charge in [0.15, 0.2) is 11.6 Å². The summed E-state index contributed by atoms with van der Waals surface area (Å²) in [6.45, 7) is 3.73. The molecule has 20 heavy (non-hydrogen) atoms. The maximum absolute atomic E-state index is 14.7. The average molecular weight is 277 g/mol. The molecule has 1 unspecified atom stereocenters. The van der Waals surface area contributed by atoms with E-state index in [2.05, 4.69) is 22.1 Å². The number of anilines is 1. The minimum Gasteiger partial charge on any atom is -0.351 e. The second-order valence-electron chi connectivity index (χ2n) is 6.01. The summed E-state index contributed by atoms with van der Waals surface area (Å²) < 4.78 is 14.7. The van der Waals surface area contributed by atoms with Gasteiger partial charge in [0.05, 0.1) is 0 Å². The van der Waals surface area contributed by atoms with E-state index >= 15 is 0 Å². The Hall–Kier alpha value is -1.16. The van der Waals surface area contributed by atoms with E-state index in [-0.39, 0.29) is 5.82 Å². The van der Waals surface area contributed by atoms with Crippen LogP contribution in [0.5, 0.6) is 0 Å². The molecule has 1 aliphatic carbocycles. The summed E-state index contributed by atoms with van der Waals surface area (Å²) in [7, 11) is 0. The first-order valence-electron chi connectivity index (χ1n) is 7.93. The molecule has 1 aromatic heterocycles. The molecule has 3 nitrogen and oxygen atoms in total. The maximum Gasteiger partial charge on any atom is 0.170 e. The van der Waals surface area contributed by atoms with E-state index in [9.17, 15) is 4.39 Å². The van der Waals surface area contributed by atoms with Gasteiger partial charge in [-0.1, -0.05) is 6.92 Å². The van der Waals surface area contributed by atoms with Crippen LogP contribution in [0, 0.1) is 5.82 Å². The van der Waals surface area contributed by atoms with E-state index in [4.69, 9.17) is 0 Å². The monoisotopic (exact) mass is 277 g/mol. The van der Waals surface area contributed by atoms with Crippen LogP contribution in [0.25, 0.3) is 0 Å². The highest BCUT2D eigenvalue weighted by atomic mass is 19.1. The van der Waals surface area contributed by atoms with Crippen molar-refractivity contribution in [2.75, 3.05) is 11.4 Å². The Morgan fingerprint density at radius 3 is 2.95 bits per heavy atom. The van der Waals surface area contributed by atoms with Gasteiger partial charge in [-0.2, -0.15) is 0 Å². The molecule has 0 radical (unpaired) electrons. The molecule has 1 aliphatic heterocycles. The van der Waals surface area contributed by atoms with Crippen LogP contribution in [-0.2, 0) is 6.54 Å². The van der Waals surface area contributed by atoms with Crippen molar-refractivity contribution in [2.45, 2.75) is 64.1 Å². The minimum absolute atomic E-state index is 0.124. The lowest BCUT2D eigenvalue weighted by Gasteiger charge is -2.36. The smallest absolute Gasteiger partial charge is 0.170 e. The molecule has 0 bridgehead atoms. The molecule has 2 fully saturated rings. The number of hydrogen-bond donors (Lipinski definition) is 1. The van der Waals surface area contributed by atoms with Crippen LogP contribution in [0.15, 0.2) is 12.3 Å². The predicted octanol–water partition coefficient (Wildman–Crippen LogP) is 3.24. The second-order valence-corrected chi connectivity index (χ2v) is 6.01. The second kappa shape index (κ2) is 6.08. The minimum atomic E-state index is -0.124. The first-order valence-corrected chi connectivity index (χ1v) is 7.93. The van der Waals surface area contributed by atoms with Crippen molar-refractivity contribution in [1.82, 2.24) is 10.3 Å². The summed E-state index contributed by atoms with van der Waals surface area (Å²) >= 11 is 0. The van der Waals surface area contributed by atoms with Gasteiger partial charge in [-0.15, -0.1) is 0 Å². The number of piperidine rings is 1. The Morgan fingerprint density at radius 2 is 2.20 bits per heavy atom. The van der Waals surface area contributed by atoms with E-state index < -0.39 is 0 Å². The Kier molecular flexibility index (Phi) is 4.20. The van der Waals surface area contributed by atoms with Crippen molar-refractivity contribution in [3.63, 3.8) is 0 Å². The summed E-state index contributed by atoms with van der Waals surface area (Å²) in [6, 6.07) is 2.85. The first-order chi connectivity index (χ1) is 9.79. The third-order valence-corrected chi connectivity index (χ3v) is 4.48. The molecular weight excluding hydrogens is 253 g/mol. The SMILES string of the molecule is CCC1CCCCN1c1nccc(CNC2CC2)c1F. The molecule has 0 spiro atoms. The zero-order valence-electron chi connectivity index (χ0n) is 12.2. The Labute approximate surface area is 120 Å². The molecule has 1 aromatic rings. The van der Waals surface area contributed by atoms with Gasteiger partial charge in [-0.05, 0) is 44.6 Å². The van der Waals surface area contributed by atoms with Crippen molar-refractivity contribution >= 4 is 5.82 Å². The fraction of sp³-hybridized carbons (Fsp3) is 0.688. The number of pyridine rings is 1. The predicted molar refractivity (Wildman–Crippen MR) is 79.3 cm³/mol. The topological polar surface area (TPSA) is 28.2 Å². The van der Waals surface area contributed by atoms with Gasteiger partial charge in [0.25, 0.3) is 0 Å². The van der Waals surface area contributed by atoms with Crippen LogP contribution in [-0.4, -0.2) is 23.6 Å². The molecule has 4 heteroatoms. The lowest BCUT2D eigenvalue weighted by atomic mass is 10.00. The van der Waals surface area contributed by atoms with Crippen LogP contribution in [0.4, 0.5) is 10.2 Å². The largest absolute Gasteiger partial charge is 0.351 e. The molecule has 2 heterocycles. The molecule has 1 saturated carbocycles. The first kappa shape index (κ1) is 13.8. The molecule has 2 aliphatic rings. The van der Waals surface area contributed by atoms with Crippen molar-refractivity contribution < 1.29 is 4.39 Å². The van der Waals surface area contributed by atoms with Crippen LogP contribution in [0.1, 0.15) is 51.0 Å². The van der Waals surface area contributed by atoms with E-state index in [1.807, 2.05) is 0 Å². The van der Waals surface area contributed by atoms with Gasteiger partial charge < -0.3 is 10.2 Å². The Morgan fingerprint density at radius 1 is 1.35 bits per heavy atom. The van der Waals surface area contributed by atoms with E-state index in [1.54, 1.807) is 12.3 Å². The van der Waals surface area contributed by atoms with Crippen molar-refractivity contribution in [2.24, 2.45) is 0 Å². The number of rotatable bonds is 5. The van der Waals surface area contributed by atoms with E-state index in [1.165, 1.54) is 19.3 Å². The summed E-state index contributed by atoms with van der Waals surface area (Å²) in [5.74, 6) is 0.438. The number of nitrogens with zero attached hydrogens (tertiary/aromatic N) is 2. The Bertz CT molecular complexity index is 459. The molecule has 3 rings (SSSR count). The van der Waals surface area contributed by atoms with Crippen molar-refractivity contribution in [3.8, 4) is 0 Å². The standard InChI is InChI=1S/C16H24FN3/c1-2-14-5-3-4-10-20(14)16-15(17)12(8-9-18-16)11-19-13-6-7-13/h8-9,13-14,19H,2-7,10-11H2,1H3. The molecular formula is C16H24FN3.